The molecule has 0 aliphatic rings. The molecule has 0 aliphatic carbocycles. The van der Waals surface area contributed by atoms with Crippen LogP contribution in [0.2, 0.25) is 0 Å². The van der Waals surface area contributed by atoms with Crippen molar-refractivity contribution in [3.05, 3.63) is 18.2 Å². The Morgan fingerprint density at radius 1 is 1.45 bits per heavy atom. The maximum absolute atomic E-state index is 8.53. The zero-order valence-corrected chi connectivity index (χ0v) is 5.57. The Hall–Kier alpha value is -1.62. The summed E-state index contributed by atoms with van der Waals surface area (Å²) in [5.74, 6) is 0. The number of nitrogens with zero attached hydrogens (tertiary/aromatic N) is 2. The van der Waals surface area contributed by atoms with E-state index in [4.69, 9.17) is 5.21 Å². The summed E-state index contributed by atoms with van der Waals surface area (Å²) in [6, 6.07) is 5.20. The van der Waals surface area contributed by atoms with Gasteiger partial charge in [0.2, 0.25) is 0 Å². The Bertz CT molecular complexity index is 369. The molecule has 0 amide bonds. The Morgan fingerprint density at radius 2 is 2.36 bits per heavy atom. The molecule has 2 rings (SSSR count). The summed E-state index contributed by atoms with van der Waals surface area (Å²) in [6.07, 6.45) is 0. The molecule has 0 atom stereocenters. The predicted octanol–water partition coefficient (Wildman–Crippen LogP) is 0.759. The van der Waals surface area contributed by atoms with Crippen molar-refractivity contribution < 1.29 is 5.21 Å². The Labute approximate surface area is 62.0 Å². The van der Waals surface area contributed by atoms with Crippen LogP contribution >= 0.6 is 0 Å². The van der Waals surface area contributed by atoms with Gasteiger partial charge in [-0.25, -0.2) is 0 Å². The highest BCUT2D eigenvalue weighted by Gasteiger charge is 1.96. The number of aromatic amines is 1. The van der Waals surface area contributed by atoms with Crippen molar-refractivity contribution in [1.29, 1.82) is 0 Å². The summed E-state index contributed by atoms with van der Waals surface area (Å²) in [5.41, 5.74) is 4.21. The molecule has 0 spiro atoms. The van der Waals surface area contributed by atoms with Gasteiger partial charge in [-0.3, -0.25) is 15.8 Å². The molecular formula is C6H6N4O. The standard InChI is InChI=1S/C6H6N4O/c11-9-4-1-2-5-6(3-4)8-10-7-5/h1-3,9,11H,(H,7,8,10). The SMILES string of the molecule is ONc1ccc2[nH]nnc2c1. The van der Waals surface area contributed by atoms with E-state index in [1.165, 1.54) is 0 Å². The highest BCUT2D eigenvalue weighted by molar-refractivity contribution is 5.77. The van der Waals surface area contributed by atoms with E-state index >= 15 is 0 Å². The number of rotatable bonds is 1. The minimum atomic E-state index is 0.603. The number of hydrogen-bond donors (Lipinski definition) is 3. The number of H-pyrrole nitrogens is 1. The van der Waals surface area contributed by atoms with Gasteiger partial charge >= 0.3 is 0 Å². The quantitative estimate of drug-likeness (QED) is 0.524. The van der Waals surface area contributed by atoms with E-state index in [2.05, 4.69) is 15.4 Å². The van der Waals surface area contributed by atoms with Gasteiger partial charge in [-0.15, -0.1) is 5.10 Å². The monoisotopic (exact) mass is 150 g/mol. The van der Waals surface area contributed by atoms with Crippen LogP contribution in [0, 0.1) is 0 Å². The molecular weight excluding hydrogens is 144 g/mol. The molecule has 56 valence electrons. The summed E-state index contributed by atoms with van der Waals surface area (Å²) in [6.45, 7) is 0. The van der Waals surface area contributed by atoms with Crippen molar-refractivity contribution in [3.63, 3.8) is 0 Å². The average Bonchev–Trinajstić information content (AvgIpc) is 2.50. The molecule has 0 fully saturated rings. The van der Waals surface area contributed by atoms with Crippen LogP contribution in [0.1, 0.15) is 0 Å². The van der Waals surface area contributed by atoms with Crippen LogP contribution in [0.3, 0.4) is 0 Å². The van der Waals surface area contributed by atoms with Crippen LogP contribution in [0.25, 0.3) is 11.0 Å². The van der Waals surface area contributed by atoms with E-state index in [1.807, 2.05) is 5.48 Å². The van der Waals surface area contributed by atoms with Gasteiger partial charge in [-0.2, -0.15) is 0 Å². The van der Waals surface area contributed by atoms with Crippen LogP contribution in [0.4, 0.5) is 5.69 Å². The summed E-state index contributed by atoms with van der Waals surface area (Å²) < 4.78 is 0. The lowest BCUT2D eigenvalue weighted by atomic mass is 10.3. The van der Waals surface area contributed by atoms with Crippen LogP contribution in [0.15, 0.2) is 18.2 Å². The molecule has 11 heavy (non-hydrogen) atoms. The van der Waals surface area contributed by atoms with Crippen molar-refractivity contribution in [3.8, 4) is 0 Å². The minimum Gasteiger partial charge on any atom is -0.291 e. The first-order valence-corrected chi connectivity index (χ1v) is 3.11. The molecule has 5 heteroatoms. The van der Waals surface area contributed by atoms with Crippen LogP contribution in [-0.4, -0.2) is 20.6 Å². The van der Waals surface area contributed by atoms with E-state index in [0.717, 1.165) is 11.0 Å². The first kappa shape index (κ1) is 6.11. The fraction of sp³-hybridized carbons (Fsp3) is 0. The van der Waals surface area contributed by atoms with E-state index in [0.29, 0.717) is 5.69 Å². The van der Waals surface area contributed by atoms with Gasteiger partial charge < -0.3 is 0 Å². The summed E-state index contributed by atoms with van der Waals surface area (Å²) >= 11 is 0. The normalized spacial score (nSPS) is 10.3. The second kappa shape index (κ2) is 2.21. The number of hydrogen-bond acceptors (Lipinski definition) is 4. The smallest absolute Gasteiger partial charge is 0.115 e. The fourth-order valence-corrected chi connectivity index (χ4v) is 0.911. The minimum absolute atomic E-state index is 0.603. The Kier molecular flexibility index (Phi) is 1.23. The molecule has 1 heterocycles. The van der Waals surface area contributed by atoms with Crippen LogP contribution in [-0.2, 0) is 0 Å². The topological polar surface area (TPSA) is 73.8 Å². The molecule has 1 aromatic carbocycles. The fourth-order valence-electron chi connectivity index (χ4n) is 0.911. The van der Waals surface area contributed by atoms with E-state index in [-0.39, 0.29) is 0 Å². The maximum atomic E-state index is 8.53. The number of nitrogens with one attached hydrogen (secondary N) is 2. The number of anilines is 1. The van der Waals surface area contributed by atoms with Crippen molar-refractivity contribution in [1.82, 2.24) is 15.4 Å². The second-order valence-electron chi connectivity index (χ2n) is 2.16. The number of fused-ring (bicyclic) bond motifs is 1. The molecule has 0 radical (unpaired) electrons. The van der Waals surface area contributed by atoms with Crippen LogP contribution in [0.5, 0.6) is 0 Å². The van der Waals surface area contributed by atoms with Gasteiger partial charge in [0.25, 0.3) is 0 Å². The summed E-state index contributed by atoms with van der Waals surface area (Å²) in [7, 11) is 0. The van der Waals surface area contributed by atoms with Gasteiger partial charge in [0.1, 0.15) is 5.52 Å². The van der Waals surface area contributed by atoms with Crippen molar-refractivity contribution in [2.75, 3.05) is 5.48 Å². The second-order valence-corrected chi connectivity index (χ2v) is 2.16. The van der Waals surface area contributed by atoms with Gasteiger partial charge in [0, 0.05) is 0 Å². The predicted molar refractivity (Wildman–Crippen MR) is 39.3 cm³/mol. The van der Waals surface area contributed by atoms with Crippen molar-refractivity contribution in [2.24, 2.45) is 0 Å². The third-order valence-electron chi connectivity index (χ3n) is 1.46. The molecule has 1 aromatic heterocycles. The first-order valence-electron chi connectivity index (χ1n) is 3.11. The average molecular weight is 150 g/mol. The van der Waals surface area contributed by atoms with E-state index in [1.54, 1.807) is 18.2 Å². The lowest BCUT2D eigenvalue weighted by Gasteiger charge is -1.94. The number of aromatic nitrogens is 3. The Balaban J connectivity index is 2.67. The zero-order valence-electron chi connectivity index (χ0n) is 5.57. The lowest BCUT2D eigenvalue weighted by molar-refractivity contribution is 0.389. The molecule has 0 aliphatic heterocycles. The van der Waals surface area contributed by atoms with Gasteiger partial charge in [-0.05, 0) is 18.2 Å². The molecule has 0 bridgehead atoms. The molecule has 0 unspecified atom stereocenters. The maximum Gasteiger partial charge on any atom is 0.115 e. The van der Waals surface area contributed by atoms with E-state index < -0.39 is 0 Å². The van der Waals surface area contributed by atoms with Gasteiger partial charge in [-0.1, -0.05) is 5.21 Å². The van der Waals surface area contributed by atoms with E-state index in [9.17, 15) is 0 Å². The molecule has 3 N–H and O–H groups in total. The third-order valence-corrected chi connectivity index (χ3v) is 1.46. The first-order chi connectivity index (χ1) is 5.40. The lowest BCUT2D eigenvalue weighted by Crippen LogP contribution is -1.87. The molecule has 0 saturated carbocycles. The summed E-state index contributed by atoms with van der Waals surface area (Å²) in [4.78, 5) is 0. The van der Waals surface area contributed by atoms with Crippen LogP contribution < -0.4 is 5.48 Å². The van der Waals surface area contributed by atoms with Crippen molar-refractivity contribution >= 4 is 16.7 Å². The highest BCUT2D eigenvalue weighted by Crippen LogP contribution is 2.13. The Morgan fingerprint density at radius 3 is 3.18 bits per heavy atom. The highest BCUT2D eigenvalue weighted by atomic mass is 16.5. The summed E-state index contributed by atoms with van der Waals surface area (Å²) in [5, 5.41) is 18.6. The largest absolute Gasteiger partial charge is 0.291 e. The van der Waals surface area contributed by atoms with Gasteiger partial charge in [0.15, 0.2) is 0 Å². The number of benzene rings is 1. The molecule has 0 saturated heterocycles. The zero-order chi connectivity index (χ0) is 7.68. The van der Waals surface area contributed by atoms with Gasteiger partial charge in [0.05, 0.1) is 11.2 Å². The third kappa shape index (κ3) is 0.908. The molecule has 2 aromatic rings. The molecule has 5 nitrogen and oxygen atoms in total. The van der Waals surface area contributed by atoms with Crippen molar-refractivity contribution in [2.45, 2.75) is 0 Å².